The van der Waals surface area contributed by atoms with Crippen molar-refractivity contribution in [1.82, 2.24) is 10.2 Å². The van der Waals surface area contributed by atoms with E-state index in [1.54, 1.807) is 13.2 Å². The molecule has 0 unspecified atom stereocenters. The van der Waals surface area contributed by atoms with Gasteiger partial charge in [0, 0.05) is 6.07 Å². The zero-order valence-electron chi connectivity index (χ0n) is 13.7. The highest BCUT2D eigenvalue weighted by molar-refractivity contribution is 8.01. The van der Waals surface area contributed by atoms with Crippen molar-refractivity contribution in [1.29, 1.82) is 0 Å². The van der Waals surface area contributed by atoms with Gasteiger partial charge in [-0.15, -0.1) is 10.2 Å². The predicted octanol–water partition coefficient (Wildman–Crippen LogP) is 4.26. The van der Waals surface area contributed by atoms with E-state index in [9.17, 15) is 20.2 Å². The summed E-state index contributed by atoms with van der Waals surface area (Å²) in [5, 5.41) is 33.6. The normalized spacial score (nSPS) is 10.4. The van der Waals surface area contributed by atoms with Crippen LogP contribution in [0.3, 0.4) is 0 Å². The monoisotopic (exact) mass is 405 g/mol. The van der Waals surface area contributed by atoms with Crippen LogP contribution in [0, 0.1) is 20.2 Å². The van der Waals surface area contributed by atoms with Crippen LogP contribution in [0.4, 0.5) is 22.2 Å². The molecule has 0 saturated carbocycles. The average molecular weight is 405 g/mol. The molecule has 3 aromatic rings. The zero-order chi connectivity index (χ0) is 19.4. The molecule has 1 N–H and O–H groups in total. The summed E-state index contributed by atoms with van der Waals surface area (Å²) in [4.78, 5) is 20.9. The van der Waals surface area contributed by atoms with Gasteiger partial charge in [0.05, 0.1) is 33.6 Å². The van der Waals surface area contributed by atoms with Gasteiger partial charge in [0.1, 0.15) is 5.75 Å². The summed E-state index contributed by atoms with van der Waals surface area (Å²) in [6.07, 6.45) is 0. The van der Waals surface area contributed by atoms with Crippen LogP contribution >= 0.6 is 23.1 Å². The van der Waals surface area contributed by atoms with E-state index >= 15 is 0 Å². The molecule has 0 saturated heterocycles. The Hall–Kier alpha value is -3.25. The van der Waals surface area contributed by atoms with Gasteiger partial charge in [-0.05, 0) is 30.0 Å². The fraction of sp³-hybridized carbons (Fsp3) is 0.0667. The number of benzene rings is 2. The second-order valence-electron chi connectivity index (χ2n) is 4.97. The van der Waals surface area contributed by atoms with Crippen molar-refractivity contribution in [2.24, 2.45) is 0 Å². The highest BCUT2D eigenvalue weighted by atomic mass is 32.2. The van der Waals surface area contributed by atoms with Crippen LogP contribution in [0.25, 0.3) is 0 Å². The Bertz CT molecular complexity index is 1010. The van der Waals surface area contributed by atoms with Crippen LogP contribution in [0.1, 0.15) is 0 Å². The molecular weight excluding hydrogens is 394 g/mol. The first-order chi connectivity index (χ1) is 13.0. The number of nitrogens with one attached hydrogen (secondary N) is 1. The van der Waals surface area contributed by atoms with Crippen molar-refractivity contribution in [3.8, 4) is 5.75 Å². The van der Waals surface area contributed by atoms with Crippen molar-refractivity contribution in [3.63, 3.8) is 0 Å². The number of aromatic nitrogens is 2. The number of ether oxygens (including phenoxy) is 1. The van der Waals surface area contributed by atoms with Crippen molar-refractivity contribution in [2.45, 2.75) is 9.24 Å². The van der Waals surface area contributed by atoms with Crippen LogP contribution in [0.5, 0.6) is 5.75 Å². The van der Waals surface area contributed by atoms with Crippen LogP contribution < -0.4 is 10.1 Å². The fourth-order valence-corrected chi connectivity index (χ4v) is 3.91. The summed E-state index contributed by atoms with van der Waals surface area (Å²) in [6, 6.07) is 10.7. The maximum atomic E-state index is 11.2. The third-order valence-corrected chi connectivity index (χ3v) is 5.26. The van der Waals surface area contributed by atoms with E-state index in [0.29, 0.717) is 20.9 Å². The molecule has 2 aromatic carbocycles. The van der Waals surface area contributed by atoms with Crippen LogP contribution in [0.2, 0.25) is 0 Å². The Balaban J connectivity index is 1.82. The summed E-state index contributed by atoms with van der Waals surface area (Å²) >= 11 is 2.20. The summed E-state index contributed by atoms with van der Waals surface area (Å²) in [5.74, 6) is 0.632. The smallest absolute Gasteiger partial charge is 0.290 e. The molecule has 138 valence electrons. The second kappa shape index (κ2) is 7.97. The van der Waals surface area contributed by atoms with Crippen LogP contribution in [0.15, 0.2) is 51.7 Å². The Labute approximate surface area is 160 Å². The Morgan fingerprint density at radius 2 is 1.89 bits per heavy atom. The molecule has 10 nitrogen and oxygen atoms in total. The number of hydrogen-bond donors (Lipinski definition) is 1. The number of rotatable bonds is 7. The van der Waals surface area contributed by atoms with Crippen molar-refractivity contribution >= 4 is 45.3 Å². The van der Waals surface area contributed by atoms with E-state index in [2.05, 4.69) is 15.5 Å². The zero-order valence-corrected chi connectivity index (χ0v) is 15.3. The lowest BCUT2D eigenvalue weighted by molar-refractivity contribution is -0.396. The number of nitrogens with zero attached hydrogens (tertiary/aromatic N) is 4. The number of nitro benzene ring substituents is 2. The molecule has 0 fully saturated rings. The molecule has 0 atom stereocenters. The Kier molecular flexibility index (Phi) is 5.47. The van der Waals surface area contributed by atoms with Gasteiger partial charge < -0.3 is 10.1 Å². The largest absolute Gasteiger partial charge is 0.495 e. The van der Waals surface area contributed by atoms with Gasteiger partial charge in [0.15, 0.2) is 4.34 Å². The van der Waals surface area contributed by atoms with Gasteiger partial charge in [-0.1, -0.05) is 23.5 Å². The van der Waals surface area contributed by atoms with Gasteiger partial charge in [-0.3, -0.25) is 20.2 Å². The van der Waals surface area contributed by atoms with E-state index in [1.165, 1.54) is 23.5 Å². The van der Waals surface area contributed by atoms with E-state index in [0.717, 1.165) is 17.8 Å². The van der Waals surface area contributed by atoms with Crippen molar-refractivity contribution in [3.05, 3.63) is 62.7 Å². The second-order valence-corrected chi connectivity index (χ2v) is 7.23. The molecular formula is C15H11N5O5S2. The molecule has 0 aliphatic heterocycles. The minimum atomic E-state index is -0.679. The lowest BCUT2D eigenvalue weighted by Gasteiger charge is -2.07. The van der Waals surface area contributed by atoms with E-state index < -0.39 is 9.85 Å². The summed E-state index contributed by atoms with van der Waals surface area (Å²) < 4.78 is 5.70. The van der Waals surface area contributed by atoms with Crippen LogP contribution in [-0.2, 0) is 0 Å². The molecule has 1 heterocycles. The summed E-state index contributed by atoms with van der Waals surface area (Å²) in [5.41, 5.74) is -0.000466. The molecule has 0 spiro atoms. The maximum absolute atomic E-state index is 11.2. The third-order valence-electron chi connectivity index (χ3n) is 3.30. The summed E-state index contributed by atoms with van der Waals surface area (Å²) in [7, 11) is 1.55. The van der Waals surface area contributed by atoms with Crippen molar-refractivity contribution in [2.75, 3.05) is 12.4 Å². The quantitative estimate of drug-likeness (QED) is 0.452. The first-order valence-electron chi connectivity index (χ1n) is 7.32. The average Bonchev–Trinajstić information content (AvgIpc) is 3.09. The van der Waals surface area contributed by atoms with Gasteiger partial charge in [-0.25, -0.2) is 0 Å². The molecule has 0 bridgehead atoms. The molecule has 0 aliphatic carbocycles. The number of para-hydroxylation sites is 2. The van der Waals surface area contributed by atoms with E-state index in [-0.39, 0.29) is 16.3 Å². The number of hydrogen-bond acceptors (Lipinski definition) is 10. The number of methoxy groups -OCH3 is 1. The minimum absolute atomic E-state index is 0.241. The SMILES string of the molecule is COc1ccccc1Nc1nnc(Sc2ccc([N+](=O)[O-])cc2[N+](=O)[O-])s1. The van der Waals surface area contributed by atoms with Gasteiger partial charge >= 0.3 is 0 Å². The highest BCUT2D eigenvalue weighted by Crippen LogP contribution is 2.39. The van der Waals surface area contributed by atoms with Gasteiger partial charge in [-0.2, -0.15) is 0 Å². The van der Waals surface area contributed by atoms with Gasteiger partial charge in [0.2, 0.25) is 5.13 Å². The first-order valence-corrected chi connectivity index (χ1v) is 8.95. The molecule has 3 rings (SSSR count). The van der Waals surface area contributed by atoms with Crippen molar-refractivity contribution < 1.29 is 14.6 Å². The number of nitro groups is 2. The lowest BCUT2D eigenvalue weighted by atomic mass is 10.3. The standard InChI is InChI=1S/C15H11N5O5S2/c1-25-12-5-3-2-4-10(12)16-14-17-18-15(27-14)26-13-7-6-9(19(21)22)8-11(13)20(23)24/h2-8H,1H3,(H,16,17). The fourth-order valence-electron chi connectivity index (χ4n) is 2.11. The lowest BCUT2D eigenvalue weighted by Crippen LogP contribution is -1.94. The van der Waals surface area contributed by atoms with Gasteiger partial charge in [0.25, 0.3) is 11.4 Å². The van der Waals surface area contributed by atoms with E-state index in [1.807, 2.05) is 18.2 Å². The van der Waals surface area contributed by atoms with Crippen LogP contribution in [-0.4, -0.2) is 27.2 Å². The summed E-state index contributed by atoms with van der Waals surface area (Å²) in [6.45, 7) is 0. The molecule has 27 heavy (non-hydrogen) atoms. The van der Waals surface area contributed by atoms with E-state index in [4.69, 9.17) is 4.74 Å². The molecule has 12 heteroatoms. The number of anilines is 2. The minimum Gasteiger partial charge on any atom is -0.495 e. The molecule has 1 aromatic heterocycles. The Morgan fingerprint density at radius 1 is 1.11 bits per heavy atom. The topological polar surface area (TPSA) is 133 Å². The predicted molar refractivity (Wildman–Crippen MR) is 100 cm³/mol. The maximum Gasteiger partial charge on any atom is 0.290 e. The number of non-ortho nitro benzene ring substituents is 1. The molecule has 0 aliphatic rings. The third kappa shape index (κ3) is 4.30. The molecule has 0 amide bonds. The highest BCUT2D eigenvalue weighted by Gasteiger charge is 2.21. The Morgan fingerprint density at radius 3 is 2.59 bits per heavy atom. The molecule has 0 radical (unpaired) electrons. The first kappa shape index (κ1) is 18.5.